The van der Waals surface area contributed by atoms with E-state index in [0.29, 0.717) is 19.6 Å². The molecule has 4 nitrogen and oxygen atoms in total. The molecule has 0 aliphatic carbocycles. The summed E-state index contributed by atoms with van der Waals surface area (Å²) in [5.41, 5.74) is 2.70. The molecule has 31 heavy (non-hydrogen) atoms. The molecule has 1 heterocycles. The van der Waals surface area contributed by atoms with E-state index in [4.69, 9.17) is 14.6 Å². The second-order valence-electron chi connectivity index (χ2n) is 7.23. The highest BCUT2D eigenvalue weighted by Gasteiger charge is 2.34. The first kappa shape index (κ1) is 22.6. The highest BCUT2D eigenvalue weighted by Crippen LogP contribution is 2.35. The number of hydrogen-bond donors (Lipinski definition) is 1. The van der Waals surface area contributed by atoms with E-state index < -0.39 is 17.7 Å². The van der Waals surface area contributed by atoms with Gasteiger partial charge in [-0.1, -0.05) is 43.0 Å². The van der Waals surface area contributed by atoms with E-state index in [2.05, 4.69) is 6.58 Å². The van der Waals surface area contributed by atoms with Gasteiger partial charge in [-0.2, -0.15) is 13.2 Å². The number of halogens is 3. The summed E-state index contributed by atoms with van der Waals surface area (Å²) >= 11 is 0. The number of carboxylic acids is 1. The summed E-state index contributed by atoms with van der Waals surface area (Å²) in [6, 6.07) is 13.3. The average molecular weight is 432 g/mol. The van der Waals surface area contributed by atoms with Gasteiger partial charge >= 0.3 is 12.1 Å². The predicted octanol–water partition coefficient (Wildman–Crippen LogP) is 5.53. The van der Waals surface area contributed by atoms with Gasteiger partial charge in [-0.25, -0.2) is 0 Å². The predicted molar refractivity (Wildman–Crippen MR) is 111 cm³/mol. The molecule has 0 atom stereocenters. The fourth-order valence-corrected chi connectivity index (χ4v) is 3.48. The first-order valence-electron chi connectivity index (χ1n) is 9.83. The minimum absolute atomic E-state index is 0.0640. The van der Waals surface area contributed by atoms with Crippen molar-refractivity contribution in [1.29, 1.82) is 0 Å². The Hall–Kier alpha value is -3.06. The monoisotopic (exact) mass is 432 g/mol. The van der Waals surface area contributed by atoms with Crippen LogP contribution in [0, 0.1) is 0 Å². The topological polar surface area (TPSA) is 55.8 Å². The third-order valence-electron chi connectivity index (χ3n) is 5.09. The van der Waals surface area contributed by atoms with Crippen molar-refractivity contribution in [1.82, 2.24) is 0 Å². The van der Waals surface area contributed by atoms with E-state index in [0.717, 1.165) is 28.3 Å². The minimum Gasteiger partial charge on any atom is -0.489 e. The maximum Gasteiger partial charge on any atom is 0.416 e. The number of alkyl halides is 3. The van der Waals surface area contributed by atoms with Crippen LogP contribution in [-0.4, -0.2) is 30.9 Å². The van der Waals surface area contributed by atoms with E-state index >= 15 is 0 Å². The number of rotatable bonds is 8. The van der Waals surface area contributed by atoms with Gasteiger partial charge in [-0.15, -0.1) is 0 Å². The fraction of sp³-hybridized carbons (Fsp3) is 0.292. The smallest absolute Gasteiger partial charge is 0.416 e. The van der Waals surface area contributed by atoms with Crippen LogP contribution in [0.15, 0.2) is 66.3 Å². The Morgan fingerprint density at radius 2 is 1.90 bits per heavy atom. The molecule has 2 aromatic carbocycles. The fourth-order valence-electron chi connectivity index (χ4n) is 3.48. The summed E-state index contributed by atoms with van der Waals surface area (Å²) in [4.78, 5) is 10.7. The lowest BCUT2D eigenvalue weighted by Crippen LogP contribution is -2.18. The zero-order chi connectivity index (χ0) is 22.4. The molecule has 0 unspecified atom stereocenters. The summed E-state index contributed by atoms with van der Waals surface area (Å²) < 4.78 is 51.6. The highest BCUT2D eigenvalue weighted by molar-refractivity contribution is 5.78. The minimum atomic E-state index is -4.60. The van der Waals surface area contributed by atoms with Gasteiger partial charge in [0, 0.05) is 6.42 Å². The van der Waals surface area contributed by atoms with Gasteiger partial charge in [-0.3, -0.25) is 4.79 Å². The molecule has 0 spiro atoms. The standard InChI is InChI=1S/C24H23F3O4/c1-16(17-5-3-2-4-6-17)21-11-12-30-14-19(21)15-31-20-9-7-18(8-10-23(28)29)22(13-20)24(25,26)27/h2-7,9,13H,1,8,10-12,14-15H2,(H,28,29). The van der Waals surface area contributed by atoms with Crippen LogP contribution >= 0.6 is 0 Å². The van der Waals surface area contributed by atoms with Gasteiger partial charge in [-0.05, 0) is 52.8 Å². The van der Waals surface area contributed by atoms with Crippen LogP contribution in [-0.2, 0) is 22.1 Å². The lowest BCUT2D eigenvalue weighted by atomic mass is 9.92. The Balaban J connectivity index is 1.80. The molecule has 0 radical (unpaired) electrons. The summed E-state index contributed by atoms with van der Waals surface area (Å²) in [6.07, 6.45) is -4.54. The number of benzene rings is 2. The quantitative estimate of drug-likeness (QED) is 0.596. The molecule has 2 aromatic rings. The molecule has 0 saturated heterocycles. The van der Waals surface area contributed by atoms with Crippen molar-refractivity contribution in [2.75, 3.05) is 19.8 Å². The van der Waals surface area contributed by atoms with Crippen molar-refractivity contribution in [2.45, 2.75) is 25.4 Å². The maximum absolute atomic E-state index is 13.5. The van der Waals surface area contributed by atoms with E-state index in [1.54, 1.807) is 0 Å². The number of aliphatic carboxylic acids is 1. The van der Waals surface area contributed by atoms with Gasteiger partial charge in [0.25, 0.3) is 0 Å². The number of ether oxygens (including phenoxy) is 2. The zero-order valence-corrected chi connectivity index (χ0v) is 16.9. The van der Waals surface area contributed by atoms with Crippen molar-refractivity contribution in [3.63, 3.8) is 0 Å². The lowest BCUT2D eigenvalue weighted by Gasteiger charge is -2.23. The molecule has 164 valence electrons. The first-order chi connectivity index (χ1) is 14.8. The lowest BCUT2D eigenvalue weighted by molar-refractivity contribution is -0.140. The molecule has 1 aliphatic rings. The second-order valence-corrected chi connectivity index (χ2v) is 7.23. The Bertz CT molecular complexity index is 978. The molecule has 1 N–H and O–H groups in total. The van der Waals surface area contributed by atoms with Gasteiger partial charge in [0.2, 0.25) is 0 Å². The Morgan fingerprint density at radius 1 is 1.16 bits per heavy atom. The zero-order valence-electron chi connectivity index (χ0n) is 16.9. The molecule has 0 fully saturated rings. The molecule has 7 heteroatoms. The van der Waals surface area contributed by atoms with Crippen molar-refractivity contribution in [3.05, 3.63) is 82.9 Å². The number of allylic oxidation sites excluding steroid dienone is 1. The highest BCUT2D eigenvalue weighted by atomic mass is 19.4. The number of hydrogen-bond acceptors (Lipinski definition) is 3. The molecular formula is C24H23F3O4. The van der Waals surface area contributed by atoms with Crippen LogP contribution in [0.3, 0.4) is 0 Å². The normalized spacial score (nSPS) is 14.4. The molecule has 0 saturated carbocycles. The average Bonchev–Trinajstić information content (AvgIpc) is 2.76. The Labute approximate surface area is 178 Å². The number of aryl methyl sites for hydroxylation is 1. The second kappa shape index (κ2) is 9.83. The van der Waals surface area contributed by atoms with Crippen molar-refractivity contribution < 1.29 is 32.5 Å². The molecular weight excluding hydrogens is 409 g/mol. The maximum atomic E-state index is 13.5. The van der Waals surface area contributed by atoms with Crippen LogP contribution in [0.5, 0.6) is 5.75 Å². The summed E-state index contributed by atoms with van der Waals surface area (Å²) in [5, 5.41) is 8.77. The SMILES string of the molecule is C=C(C1=C(COc2ccc(CCC(=O)O)c(C(F)(F)F)c2)COCC1)c1ccccc1. The van der Waals surface area contributed by atoms with Crippen LogP contribution in [0.25, 0.3) is 5.57 Å². The summed E-state index contributed by atoms with van der Waals surface area (Å²) in [7, 11) is 0. The van der Waals surface area contributed by atoms with Crippen molar-refractivity contribution >= 4 is 11.5 Å². The Kier molecular flexibility index (Phi) is 7.17. The molecule has 0 bridgehead atoms. The summed E-state index contributed by atoms with van der Waals surface area (Å²) in [5.74, 6) is -1.09. The molecule has 3 rings (SSSR count). The molecule has 0 amide bonds. The van der Waals surface area contributed by atoms with Gasteiger partial charge in [0.1, 0.15) is 12.4 Å². The molecule has 0 aromatic heterocycles. The third kappa shape index (κ3) is 5.98. The van der Waals surface area contributed by atoms with Crippen LogP contribution < -0.4 is 4.74 Å². The largest absolute Gasteiger partial charge is 0.489 e. The van der Waals surface area contributed by atoms with Gasteiger partial charge in [0.05, 0.1) is 18.8 Å². The van der Waals surface area contributed by atoms with Crippen LogP contribution in [0.2, 0.25) is 0 Å². The van der Waals surface area contributed by atoms with Crippen LogP contribution in [0.1, 0.15) is 29.5 Å². The van der Waals surface area contributed by atoms with E-state index in [1.165, 1.54) is 12.1 Å². The van der Waals surface area contributed by atoms with E-state index in [-0.39, 0.29) is 30.8 Å². The van der Waals surface area contributed by atoms with Crippen molar-refractivity contribution in [2.24, 2.45) is 0 Å². The Morgan fingerprint density at radius 3 is 2.58 bits per heavy atom. The first-order valence-corrected chi connectivity index (χ1v) is 9.83. The molecule has 1 aliphatic heterocycles. The van der Waals surface area contributed by atoms with Gasteiger partial charge < -0.3 is 14.6 Å². The van der Waals surface area contributed by atoms with Crippen LogP contribution in [0.4, 0.5) is 13.2 Å². The van der Waals surface area contributed by atoms with E-state index in [9.17, 15) is 18.0 Å². The van der Waals surface area contributed by atoms with E-state index in [1.807, 2.05) is 30.3 Å². The van der Waals surface area contributed by atoms with Gasteiger partial charge in [0.15, 0.2) is 0 Å². The number of carboxylic acid groups (broad SMARTS) is 1. The van der Waals surface area contributed by atoms with Crippen molar-refractivity contribution in [3.8, 4) is 5.75 Å². The number of carbonyl (C=O) groups is 1. The third-order valence-corrected chi connectivity index (χ3v) is 5.09. The summed E-state index contributed by atoms with van der Waals surface area (Å²) in [6.45, 7) is 5.12.